The lowest BCUT2D eigenvalue weighted by Gasteiger charge is -2.00. The van der Waals surface area contributed by atoms with Crippen molar-refractivity contribution < 1.29 is 5.11 Å². The van der Waals surface area contributed by atoms with Crippen molar-refractivity contribution in [3.63, 3.8) is 0 Å². The smallest absolute Gasteiger partial charge is 0.224 e. The predicted octanol–water partition coefficient (Wildman–Crippen LogP) is 0.116. The van der Waals surface area contributed by atoms with Crippen molar-refractivity contribution in [2.45, 2.75) is 13.8 Å². The fourth-order valence-corrected chi connectivity index (χ4v) is 0.424. The Kier molecular flexibility index (Phi) is 4.04. The number of aliphatic hydroxyl groups excluding tert-OH is 1. The van der Waals surface area contributed by atoms with Crippen LogP contribution in [0.25, 0.3) is 0 Å². The average Bonchev–Trinajstić information content (AvgIpc) is 1.72. The van der Waals surface area contributed by atoms with Gasteiger partial charge in [0.2, 0.25) is 6.73 Å². The molecule has 0 aromatic rings. The van der Waals surface area contributed by atoms with Crippen molar-refractivity contribution in [3.8, 4) is 0 Å². The third-order valence-corrected chi connectivity index (χ3v) is 1.09. The predicted molar refractivity (Wildman–Crippen MR) is 30.3 cm³/mol. The zero-order chi connectivity index (χ0) is 5.70. The van der Waals surface area contributed by atoms with Crippen LogP contribution in [-0.2, 0) is 0 Å². The molecule has 0 saturated carbocycles. The monoisotopic (exact) mass is 103 g/mol. The van der Waals surface area contributed by atoms with Crippen LogP contribution in [0.3, 0.4) is 0 Å². The zero-order valence-corrected chi connectivity index (χ0v) is 5.02. The molecular weight excluding hydrogens is 90.1 g/mol. The van der Waals surface area contributed by atoms with E-state index in [0.29, 0.717) is 0 Å². The van der Waals surface area contributed by atoms with E-state index in [4.69, 9.17) is 5.11 Å². The van der Waals surface area contributed by atoms with Gasteiger partial charge >= 0.3 is 0 Å². The Morgan fingerprint density at radius 1 is 1.29 bits per heavy atom. The molecule has 0 bridgehead atoms. The van der Waals surface area contributed by atoms with Crippen LogP contribution in [0, 0.1) is 0 Å². The van der Waals surface area contributed by atoms with Gasteiger partial charge in [-0.3, -0.25) is 0 Å². The van der Waals surface area contributed by atoms with Crippen LogP contribution in [0.4, 0.5) is 0 Å². The first-order valence-electron chi connectivity index (χ1n) is 2.68. The van der Waals surface area contributed by atoms with Crippen LogP contribution < -0.4 is 4.90 Å². The number of hydrogen-bond donors (Lipinski definition) is 1. The van der Waals surface area contributed by atoms with Gasteiger partial charge in [-0.05, 0) is 13.8 Å². The van der Waals surface area contributed by atoms with Crippen LogP contribution >= 0.6 is 0 Å². The second-order valence-electron chi connectivity index (χ2n) is 1.44. The summed E-state index contributed by atoms with van der Waals surface area (Å²) >= 11 is 0. The van der Waals surface area contributed by atoms with Crippen molar-refractivity contribution in [1.82, 2.24) is 4.90 Å². The minimum absolute atomic E-state index is 0.188. The van der Waals surface area contributed by atoms with E-state index >= 15 is 0 Å². The lowest BCUT2D eigenvalue weighted by Crippen LogP contribution is -2.30. The van der Waals surface area contributed by atoms with Gasteiger partial charge in [0.1, 0.15) is 13.1 Å². The Balaban J connectivity index is 2.99. The summed E-state index contributed by atoms with van der Waals surface area (Å²) in [5.41, 5.74) is 0. The lowest BCUT2D eigenvalue weighted by molar-refractivity contribution is 0.189. The summed E-state index contributed by atoms with van der Waals surface area (Å²) in [6.07, 6.45) is 0. The molecule has 0 saturated heterocycles. The summed E-state index contributed by atoms with van der Waals surface area (Å²) in [4.78, 5) is 1.93. The fraction of sp³-hybridized carbons (Fsp3) is 1.00. The molecule has 1 radical (unpaired) electrons. The van der Waals surface area contributed by atoms with Crippen molar-refractivity contribution in [2.24, 2.45) is 0 Å². The molecule has 0 aliphatic rings. The molecule has 7 heavy (non-hydrogen) atoms. The number of aliphatic hydroxyl groups is 1. The minimum atomic E-state index is 0.188. The van der Waals surface area contributed by atoms with E-state index in [0.717, 1.165) is 13.1 Å². The maximum Gasteiger partial charge on any atom is 0.224 e. The van der Waals surface area contributed by atoms with E-state index in [-0.39, 0.29) is 6.73 Å². The highest BCUT2D eigenvalue weighted by molar-refractivity contribution is 4.48. The van der Waals surface area contributed by atoms with Gasteiger partial charge in [0.05, 0.1) is 0 Å². The lowest BCUT2D eigenvalue weighted by atomic mass is 10.6. The summed E-state index contributed by atoms with van der Waals surface area (Å²) < 4.78 is 0. The van der Waals surface area contributed by atoms with E-state index in [1.54, 1.807) is 0 Å². The standard InChI is InChI=1S/C5H13NO/c1-3-6(4-2)5-7/h7H,3-5H2,1-2H3/q+1. The zero-order valence-electron chi connectivity index (χ0n) is 5.02. The molecule has 0 aliphatic heterocycles. The van der Waals surface area contributed by atoms with Gasteiger partial charge in [-0.15, -0.1) is 4.90 Å². The number of nitrogens with zero attached hydrogens (tertiary/aromatic N) is 1. The highest BCUT2D eigenvalue weighted by atomic mass is 16.3. The molecule has 0 unspecified atom stereocenters. The summed E-state index contributed by atoms with van der Waals surface area (Å²) in [6, 6.07) is 0. The van der Waals surface area contributed by atoms with Crippen molar-refractivity contribution >= 4 is 0 Å². The molecule has 0 aliphatic carbocycles. The molecule has 0 aromatic carbocycles. The highest BCUT2D eigenvalue weighted by Crippen LogP contribution is 1.74. The second kappa shape index (κ2) is 4.09. The highest BCUT2D eigenvalue weighted by Gasteiger charge is 2.02. The Morgan fingerprint density at radius 2 is 1.71 bits per heavy atom. The van der Waals surface area contributed by atoms with Crippen LogP contribution in [0.1, 0.15) is 13.8 Å². The first kappa shape index (κ1) is 6.92. The molecule has 0 heterocycles. The molecule has 0 amide bonds. The summed E-state index contributed by atoms with van der Waals surface area (Å²) in [7, 11) is 0. The SMILES string of the molecule is CC[N+](CC)CO. The Bertz CT molecular complexity index is 29.6. The largest absolute Gasteiger partial charge is 0.344 e. The van der Waals surface area contributed by atoms with E-state index in [1.165, 1.54) is 0 Å². The van der Waals surface area contributed by atoms with E-state index in [1.807, 2.05) is 18.7 Å². The average molecular weight is 103 g/mol. The molecule has 0 aromatic heterocycles. The van der Waals surface area contributed by atoms with Crippen molar-refractivity contribution in [1.29, 1.82) is 0 Å². The summed E-state index contributed by atoms with van der Waals surface area (Å²) in [5, 5.41) is 8.45. The van der Waals surface area contributed by atoms with Gasteiger partial charge in [-0.25, -0.2) is 0 Å². The molecule has 2 heteroatoms. The van der Waals surface area contributed by atoms with E-state index < -0.39 is 0 Å². The molecule has 43 valence electrons. The topological polar surface area (TPSA) is 26.1 Å². The van der Waals surface area contributed by atoms with Gasteiger partial charge in [-0.1, -0.05) is 0 Å². The first-order valence-corrected chi connectivity index (χ1v) is 2.68. The van der Waals surface area contributed by atoms with Crippen LogP contribution in [0.5, 0.6) is 0 Å². The van der Waals surface area contributed by atoms with Crippen LogP contribution in [0.2, 0.25) is 0 Å². The van der Waals surface area contributed by atoms with E-state index in [2.05, 4.69) is 0 Å². The van der Waals surface area contributed by atoms with E-state index in [9.17, 15) is 0 Å². The number of hydrogen-bond acceptors (Lipinski definition) is 2. The van der Waals surface area contributed by atoms with Gasteiger partial charge < -0.3 is 5.11 Å². The fourth-order valence-electron chi connectivity index (χ4n) is 0.424. The molecule has 2 nitrogen and oxygen atoms in total. The third kappa shape index (κ3) is 2.60. The molecule has 0 fully saturated rings. The Hall–Kier alpha value is -0.0800. The maximum absolute atomic E-state index is 8.45. The molecular formula is C5H13NO+. The normalized spacial score (nSPS) is 10.3. The third-order valence-electron chi connectivity index (χ3n) is 1.09. The maximum atomic E-state index is 8.45. The summed E-state index contributed by atoms with van der Waals surface area (Å²) in [5.74, 6) is 0. The van der Waals surface area contributed by atoms with Gasteiger partial charge in [0, 0.05) is 0 Å². The minimum Gasteiger partial charge on any atom is -0.344 e. The van der Waals surface area contributed by atoms with Crippen molar-refractivity contribution in [2.75, 3.05) is 19.8 Å². The van der Waals surface area contributed by atoms with Gasteiger partial charge in [0.25, 0.3) is 0 Å². The van der Waals surface area contributed by atoms with Crippen molar-refractivity contribution in [3.05, 3.63) is 0 Å². The van der Waals surface area contributed by atoms with Crippen LogP contribution in [-0.4, -0.2) is 24.9 Å². The molecule has 0 atom stereocenters. The first-order chi connectivity index (χ1) is 3.35. The second-order valence-corrected chi connectivity index (χ2v) is 1.44. The Morgan fingerprint density at radius 3 is 1.71 bits per heavy atom. The number of rotatable bonds is 3. The molecule has 1 N–H and O–H groups in total. The summed E-state index contributed by atoms with van der Waals surface area (Å²) in [6.45, 7) is 6.12. The quantitative estimate of drug-likeness (QED) is 0.398. The molecule has 0 rings (SSSR count). The Labute approximate surface area is 44.8 Å². The van der Waals surface area contributed by atoms with Crippen LogP contribution in [0.15, 0.2) is 0 Å². The van der Waals surface area contributed by atoms with Gasteiger partial charge in [-0.2, -0.15) is 0 Å². The van der Waals surface area contributed by atoms with Gasteiger partial charge in [0.15, 0.2) is 0 Å². The molecule has 0 spiro atoms.